The van der Waals surface area contributed by atoms with Gasteiger partial charge in [-0.25, -0.2) is 9.18 Å². The van der Waals surface area contributed by atoms with Crippen LogP contribution in [0, 0.1) is 5.82 Å². The number of amides is 2. The van der Waals surface area contributed by atoms with E-state index in [1.165, 1.54) is 18.6 Å². The maximum atomic E-state index is 13.4. The molecule has 2 amide bonds. The second-order valence-electron chi connectivity index (χ2n) is 6.89. The molecule has 7 heteroatoms. The van der Waals surface area contributed by atoms with E-state index >= 15 is 0 Å². The summed E-state index contributed by atoms with van der Waals surface area (Å²) in [5.74, 6) is 1.52. The molecule has 2 N–H and O–H groups in total. The van der Waals surface area contributed by atoms with Crippen molar-refractivity contribution in [2.75, 3.05) is 0 Å². The summed E-state index contributed by atoms with van der Waals surface area (Å²) in [6, 6.07) is 6.18. The smallest absolute Gasteiger partial charge is 0.315 e. The van der Waals surface area contributed by atoms with E-state index in [9.17, 15) is 9.18 Å². The second kappa shape index (κ2) is 6.46. The summed E-state index contributed by atoms with van der Waals surface area (Å²) in [5, 5.41) is 14.3. The zero-order valence-corrected chi connectivity index (χ0v) is 14.1. The molecule has 0 spiro atoms. The van der Waals surface area contributed by atoms with Crippen LogP contribution in [0.5, 0.6) is 0 Å². The van der Waals surface area contributed by atoms with Gasteiger partial charge in [0.15, 0.2) is 5.82 Å². The number of hydrogen-bond donors (Lipinski definition) is 2. The van der Waals surface area contributed by atoms with Crippen molar-refractivity contribution in [1.29, 1.82) is 0 Å². The molecular formula is C18H22FN5O. The van der Waals surface area contributed by atoms with Crippen molar-refractivity contribution in [2.24, 2.45) is 0 Å². The van der Waals surface area contributed by atoms with E-state index in [2.05, 4.69) is 25.4 Å². The van der Waals surface area contributed by atoms with Crippen molar-refractivity contribution < 1.29 is 9.18 Å². The summed E-state index contributed by atoms with van der Waals surface area (Å²) in [6.45, 7) is 1.26. The first kappa shape index (κ1) is 16.1. The van der Waals surface area contributed by atoms with Gasteiger partial charge in [-0.1, -0.05) is 18.6 Å². The highest BCUT2D eigenvalue weighted by Gasteiger charge is 2.45. The first-order valence-electron chi connectivity index (χ1n) is 8.89. The molecule has 2 aromatic rings. The molecule has 2 heterocycles. The molecule has 1 aliphatic heterocycles. The predicted octanol–water partition coefficient (Wildman–Crippen LogP) is 2.63. The number of hydrogen-bond acceptors (Lipinski definition) is 3. The average Bonchev–Trinajstić information content (AvgIpc) is 3.34. The van der Waals surface area contributed by atoms with Crippen LogP contribution < -0.4 is 10.6 Å². The lowest BCUT2D eigenvalue weighted by molar-refractivity contribution is 0.235. The van der Waals surface area contributed by atoms with E-state index in [1.807, 2.05) is 6.07 Å². The number of carbonyl (C=O) groups excluding carboxylic acids is 1. The highest BCUT2D eigenvalue weighted by molar-refractivity contribution is 5.75. The fraction of sp³-hybridized carbons (Fsp3) is 0.500. The Hall–Kier alpha value is -2.44. The zero-order chi connectivity index (χ0) is 17.3. The Labute approximate surface area is 145 Å². The fourth-order valence-corrected chi connectivity index (χ4v) is 3.49. The van der Waals surface area contributed by atoms with Gasteiger partial charge in [-0.15, -0.1) is 10.2 Å². The number of rotatable bonds is 4. The number of aryl methyl sites for hydroxylation is 1. The van der Waals surface area contributed by atoms with Gasteiger partial charge in [0.1, 0.15) is 11.6 Å². The topological polar surface area (TPSA) is 71.8 Å². The summed E-state index contributed by atoms with van der Waals surface area (Å²) >= 11 is 0. The molecule has 1 aliphatic carbocycles. The molecule has 0 radical (unpaired) electrons. The molecule has 6 nitrogen and oxygen atoms in total. The van der Waals surface area contributed by atoms with E-state index in [4.69, 9.17) is 0 Å². The molecule has 0 bridgehead atoms. The van der Waals surface area contributed by atoms with Gasteiger partial charge in [-0.3, -0.25) is 0 Å². The van der Waals surface area contributed by atoms with E-state index in [1.54, 1.807) is 6.07 Å². The van der Waals surface area contributed by atoms with Crippen molar-refractivity contribution in [2.45, 2.75) is 57.2 Å². The Morgan fingerprint density at radius 2 is 2.12 bits per heavy atom. The lowest BCUT2D eigenvalue weighted by atomic mass is 10.1. The van der Waals surface area contributed by atoms with E-state index < -0.39 is 5.54 Å². The predicted molar refractivity (Wildman–Crippen MR) is 90.3 cm³/mol. The van der Waals surface area contributed by atoms with Crippen LogP contribution in [-0.2, 0) is 25.0 Å². The first-order valence-corrected chi connectivity index (χ1v) is 8.89. The maximum absolute atomic E-state index is 13.4. The van der Waals surface area contributed by atoms with Crippen LogP contribution in [0.2, 0.25) is 0 Å². The molecule has 4 rings (SSSR count). The third kappa shape index (κ3) is 3.36. The Morgan fingerprint density at radius 1 is 1.24 bits per heavy atom. The monoisotopic (exact) mass is 343 g/mol. The van der Waals surface area contributed by atoms with Gasteiger partial charge in [0.25, 0.3) is 0 Å². The standard InChI is InChI=1S/C18H22FN5O/c19-14-6-4-5-13(11-14)18(8-9-18)21-17(25)20-12-16-23-22-15-7-2-1-3-10-24(15)16/h4-6,11H,1-3,7-10,12H2,(H2,20,21,25). The first-order chi connectivity index (χ1) is 12.2. The van der Waals surface area contributed by atoms with Gasteiger partial charge in [0, 0.05) is 13.0 Å². The minimum absolute atomic E-state index is 0.257. The van der Waals surface area contributed by atoms with Gasteiger partial charge in [0.2, 0.25) is 0 Å². The molecular weight excluding hydrogens is 321 g/mol. The normalized spacial score (nSPS) is 18.1. The van der Waals surface area contributed by atoms with Crippen molar-refractivity contribution in [3.63, 3.8) is 0 Å². The van der Waals surface area contributed by atoms with Gasteiger partial charge in [0.05, 0.1) is 12.1 Å². The van der Waals surface area contributed by atoms with Crippen LogP contribution in [0.25, 0.3) is 0 Å². The minimum atomic E-state index is -0.437. The largest absolute Gasteiger partial charge is 0.331 e. The van der Waals surface area contributed by atoms with Crippen LogP contribution in [0.4, 0.5) is 9.18 Å². The maximum Gasteiger partial charge on any atom is 0.315 e. The van der Waals surface area contributed by atoms with Crippen LogP contribution in [-0.4, -0.2) is 20.8 Å². The van der Waals surface area contributed by atoms with Crippen LogP contribution in [0.3, 0.4) is 0 Å². The lowest BCUT2D eigenvalue weighted by Gasteiger charge is -2.18. The highest BCUT2D eigenvalue weighted by atomic mass is 19.1. The van der Waals surface area contributed by atoms with E-state index in [0.29, 0.717) is 6.54 Å². The molecule has 2 aliphatic rings. The lowest BCUT2D eigenvalue weighted by Crippen LogP contribution is -2.42. The number of fused-ring (bicyclic) bond motifs is 1. The van der Waals surface area contributed by atoms with Crippen molar-refractivity contribution >= 4 is 6.03 Å². The average molecular weight is 343 g/mol. The van der Waals surface area contributed by atoms with E-state index in [0.717, 1.165) is 55.9 Å². The number of benzene rings is 1. The van der Waals surface area contributed by atoms with Gasteiger partial charge < -0.3 is 15.2 Å². The number of halogens is 1. The molecule has 0 saturated heterocycles. The molecule has 1 aromatic carbocycles. The van der Waals surface area contributed by atoms with Gasteiger partial charge >= 0.3 is 6.03 Å². The summed E-state index contributed by atoms with van der Waals surface area (Å²) < 4.78 is 15.6. The Bertz CT molecular complexity index is 784. The summed E-state index contributed by atoms with van der Waals surface area (Å²) in [5.41, 5.74) is 0.382. The number of urea groups is 1. The highest BCUT2D eigenvalue weighted by Crippen LogP contribution is 2.45. The SMILES string of the molecule is O=C(NCc1nnc2n1CCCCC2)NC1(c2cccc(F)c2)CC1. The van der Waals surface area contributed by atoms with Crippen LogP contribution in [0.1, 0.15) is 49.3 Å². The molecule has 1 fully saturated rings. The Morgan fingerprint density at radius 3 is 2.92 bits per heavy atom. The van der Waals surface area contributed by atoms with Crippen molar-refractivity contribution in [1.82, 2.24) is 25.4 Å². The molecule has 25 heavy (non-hydrogen) atoms. The third-order valence-electron chi connectivity index (χ3n) is 5.07. The van der Waals surface area contributed by atoms with Gasteiger partial charge in [-0.05, 0) is 43.4 Å². The summed E-state index contributed by atoms with van der Waals surface area (Å²) in [4.78, 5) is 12.3. The zero-order valence-electron chi connectivity index (χ0n) is 14.1. The molecule has 1 aromatic heterocycles. The molecule has 0 atom stereocenters. The minimum Gasteiger partial charge on any atom is -0.331 e. The number of nitrogens with one attached hydrogen (secondary N) is 2. The van der Waals surface area contributed by atoms with Crippen molar-refractivity contribution in [3.05, 3.63) is 47.3 Å². The van der Waals surface area contributed by atoms with Crippen LogP contribution >= 0.6 is 0 Å². The summed E-state index contributed by atoms with van der Waals surface area (Å²) in [7, 11) is 0. The molecule has 132 valence electrons. The third-order valence-corrected chi connectivity index (χ3v) is 5.07. The number of carbonyl (C=O) groups is 1. The molecule has 0 unspecified atom stereocenters. The summed E-state index contributed by atoms with van der Waals surface area (Å²) in [6.07, 6.45) is 6.05. The number of nitrogens with zero attached hydrogens (tertiary/aromatic N) is 3. The Kier molecular flexibility index (Phi) is 4.15. The fourth-order valence-electron chi connectivity index (χ4n) is 3.49. The quantitative estimate of drug-likeness (QED) is 0.896. The number of aromatic nitrogens is 3. The van der Waals surface area contributed by atoms with Gasteiger partial charge in [-0.2, -0.15) is 0 Å². The van der Waals surface area contributed by atoms with Crippen LogP contribution in [0.15, 0.2) is 24.3 Å². The molecule has 1 saturated carbocycles. The Balaban J connectivity index is 1.38. The second-order valence-corrected chi connectivity index (χ2v) is 6.89. The van der Waals surface area contributed by atoms with E-state index in [-0.39, 0.29) is 11.8 Å². The van der Waals surface area contributed by atoms with Crippen molar-refractivity contribution in [3.8, 4) is 0 Å².